The topological polar surface area (TPSA) is 99.8 Å². The van der Waals surface area contributed by atoms with Gasteiger partial charge in [-0.3, -0.25) is 9.59 Å². The minimum absolute atomic E-state index is 0.0885. The van der Waals surface area contributed by atoms with E-state index in [0.29, 0.717) is 12.1 Å². The molecule has 1 aliphatic heterocycles. The molecule has 0 radical (unpaired) electrons. The van der Waals surface area contributed by atoms with Gasteiger partial charge in [-0.1, -0.05) is 30.3 Å². The lowest BCUT2D eigenvalue weighted by atomic mass is 10.1. The molecule has 4 rings (SSSR count). The first-order chi connectivity index (χ1) is 16.9. The normalized spacial score (nSPS) is 16.1. The second kappa shape index (κ2) is 11.2. The number of carbonyl (C=O) groups is 3. The van der Waals surface area contributed by atoms with Gasteiger partial charge in [0.05, 0.1) is 12.4 Å². The van der Waals surface area contributed by atoms with Gasteiger partial charge in [0.1, 0.15) is 6.04 Å². The lowest BCUT2D eigenvalue weighted by molar-refractivity contribution is -0.144. The summed E-state index contributed by atoms with van der Waals surface area (Å²) in [7, 11) is 0. The fourth-order valence-electron chi connectivity index (χ4n) is 4.35. The summed E-state index contributed by atoms with van der Waals surface area (Å²) >= 11 is 0. The Morgan fingerprint density at radius 2 is 1.94 bits per heavy atom. The van der Waals surface area contributed by atoms with E-state index in [-0.39, 0.29) is 24.1 Å². The molecule has 2 aromatic heterocycles. The summed E-state index contributed by atoms with van der Waals surface area (Å²) < 4.78 is 18.3. The Hall–Kier alpha value is -3.65. The van der Waals surface area contributed by atoms with Gasteiger partial charge in [0.15, 0.2) is 12.4 Å². The van der Waals surface area contributed by atoms with E-state index < -0.39 is 24.5 Å². The van der Waals surface area contributed by atoms with Crippen LogP contribution in [0.4, 0.5) is 0 Å². The van der Waals surface area contributed by atoms with Crippen LogP contribution in [-0.4, -0.2) is 47.6 Å². The summed E-state index contributed by atoms with van der Waals surface area (Å²) in [5.74, 6) is -1.42. The van der Waals surface area contributed by atoms with E-state index in [0.717, 1.165) is 36.4 Å². The number of hydrogen-bond acceptors (Lipinski definition) is 6. The highest BCUT2D eigenvalue weighted by molar-refractivity contribution is 6.00. The molecule has 184 valence electrons. The molecule has 2 atom stereocenters. The van der Waals surface area contributed by atoms with E-state index >= 15 is 0 Å². The third-order valence-electron chi connectivity index (χ3n) is 6.25. The Balaban J connectivity index is 1.41. The Labute approximate surface area is 204 Å². The predicted molar refractivity (Wildman–Crippen MR) is 128 cm³/mol. The fourth-order valence-corrected chi connectivity index (χ4v) is 4.35. The molecule has 0 unspecified atom stereocenters. The zero-order valence-electron chi connectivity index (χ0n) is 20.0. The number of nitrogens with zero attached hydrogens (tertiary/aromatic N) is 1. The first kappa shape index (κ1) is 24.5. The highest BCUT2D eigenvalue weighted by Gasteiger charge is 2.26. The number of nitrogens with one attached hydrogen (secondary N) is 1. The zero-order chi connectivity index (χ0) is 24.8. The largest absolute Gasteiger partial charge is 0.459 e. The predicted octanol–water partition coefficient (Wildman–Crippen LogP) is 3.64. The van der Waals surface area contributed by atoms with E-state index in [9.17, 15) is 14.4 Å². The quantitative estimate of drug-likeness (QED) is 0.353. The minimum Gasteiger partial charge on any atom is -0.459 e. The highest BCUT2D eigenvalue weighted by atomic mass is 16.5. The average molecular weight is 479 g/mol. The number of rotatable bonds is 10. The molecule has 1 saturated heterocycles. The van der Waals surface area contributed by atoms with Crippen LogP contribution in [0, 0.1) is 13.8 Å². The van der Waals surface area contributed by atoms with Crippen LogP contribution in [0.25, 0.3) is 0 Å². The molecule has 8 nitrogen and oxygen atoms in total. The SMILES string of the molecule is Cc1cc(C(=O)COC(=O)[C@H](Cc2ccccc2)NC(=O)c2ccco2)c(C)n1C[C@@H]1CCCO1. The molecule has 0 bridgehead atoms. The van der Waals surface area contributed by atoms with Gasteiger partial charge in [-0.25, -0.2) is 4.79 Å². The van der Waals surface area contributed by atoms with E-state index in [1.54, 1.807) is 6.07 Å². The molecule has 35 heavy (non-hydrogen) atoms. The van der Waals surface area contributed by atoms with E-state index in [1.807, 2.05) is 50.2 Å². The van der Waals surface area contributed by atoms with Crippen molar-refractivity contribution in [3.8, 4) is 0 Å². The molecule has 1 fully saturated rings. The van der Waals surface area contributed by atoms with Crippen LogP contribution in [-0.2, 0) is 27.2 Å². The van der Waals surface area contributed by atoms with Crippen molar-refractivity contribution in [3.63, 3.8) is 0 Å². The molecule has 0 aliphatic carbocycles. The average Bonchev–Trinajstić information content (AvgIpc) is 3.62. The summed E-state index contributed by atoms with van der Waals surface area (Å²) in [6, 6.07) is 13.2. The van der Waals surface area contributed by atoms with Crippen molar-refractivity contribution in [3.05, 3.63) is 83.1 Å². The molecular weight excluding hydrogens is 448 g/mol. The van der Waals surface area contributed by atoms with Gasteiger partial charge >= 0.3 is 5.97 Å². The van der Waals surface area contributed by atoms with Crippen molar-refractivity contribution in [2.45, 2.75) is 51.8 Å². The van der Waals surface area contributed by atoms with Crippen LogP contribution in [0.1, 0.15) is 50.7 Å². The number of ether oxygens (including phenoxy) is 2. The number of hydrogen-bond donors (Lipinski definition) is 1. The van der Waals surface area contributed by atoms with Crippen LogP contribution >= 0.6 is 0 Å². The van der Waals surface area contributed by atoms with E-state index in [4.69, 9.17) is 13.9 Å². The maximum atomic E-state index is 12.9. The third kappa shape index (κ3) is 6.08. The van der Waals surface area contributed by atoms with Crippen molar-refractivity contribution >= 4 is 17.7 Å². The molecule has 3 aromatic rings. The van der Waals surface area contributed by atoms with Gasteiger partial charge in [0.25, 0.3) is 5.91 Å². The second-order valence-corrected chi connectivity index (χ2v) is 8.75. The summed E-state index contributed by atoms with van der Waals surface area (Å²) in [5.41, 5.74) is 3.15. The number of aromatic nitrogens is 1. The van der Waals surface area contributed by atoms with Crippen molar-refractivity contribution in [2.24, 2.45) is 0 Å². The van der Waals surface area contributed by atoms with Crippen LogP contribution in [0.5, 0.6) is 0 Å². The Morgan fingerprint density at radius 1 is 1.14 bits per heavy atom. The number of Topliss-reactive ketones (excluding diaryl/α,β-unsaturated/α-hetero) is 1. The smallest absolute Gasteiger partial charge is 0.329 e. The Morgan fingerprint density at radius 3 is 2.63 bits per heavy atom. The number of benzene rings is 1. The molecule has 0 spiro atoms. The summed E-state index contributed by atoms with van der Waals surface area (Å²) in [6.45, 7) is 4.89. The van der Waals surface area contributed by atoms with Crippen LogP contribution < -0.4 is 5.32 Å². The fraction of sp³-hybridized carbons (Fsp3) is 0.370. The Bertz CT molecular complexity index is 1160. The summed E-state index contributed by atoms with van der Waals surface area (Å²) in [4.78, 5) is 38.4. The van der Waals surface area contributed by atoms with E-state index in [2.05, 4.69) is 9.88 Å². The minimum atomic E-state index is -0.977. The molecule has 1 amide bonds. The number of ketones is 1. The molecule has 1 N–H and O–H groups in total. The van der Waals surface area contributed by atoms with Crippen LogP contribution in [0.2, 0.25) is 0 Å². The van der Waals surface area contributed by atoms with Crippen molar-refractivity contribution in [1.29, 1.82) is 0 Å². The van der Waals surface area contributed by atoms with Crippen LogP contribution in [0.3, 0.4) is 0 Å². The van der Waals surface area contributed by atoms with Gasteiger partial charge < -0.3 is 23.8 Å². The van der Waals surface area contributed by atoms with Gasteiger partial charge in [-0.05, 0) is 50.5 Å². The van der Waals surface area contributed by atoms with Gasteiger partial charge in [-0.2, -0.15) is 0 Å². The highest BCUT2D eigenvalue weighted by Crippen LogP contribution is 2.21. The summed E-state index contributed by atoms with van der Waals surface area (Å²) in [6.07, 6.45) is 3.80. The van der Waals surface area contributed by atoms with Gasteiger partial charge in [0.2, 0.25) is 5.78 Å². The molecular formula is C27H30N2O6. The number of carbonyl (C=O) groups excluding carboxylic acids is 3. The third-order valence-corrected chi connectivity index (χ3v) is 6.25. The second-order valence-electron chi connectivity index (χ2n) is 8.75. The molecule has 1 aromatic carbocycles. The maximum Gasteiger partial charge on any atom is 0.329 e. The molecule has 0 saturated carbocycles. The van der Waals surface area contributed by atoms with Crippen molar-refractivity contribution in [1.82, 2.24) is 9.88 Å². The number of aryl methyl sites for hydroxylation is 1. The number of furan rings is 1. The lowest BCUT2D eigenvalue weighted by Gasteiger charge is -2.17. The first-order valence-corrected chi connectivity index (χ1v) is 11.8. The zero-order valence-corrected chi connectivity index (χ0v) is 20.0. The maximum absolute atomic E-state index is 12.9. The first-order valence-electron chi connectivity index (χ1n) is 11.8. The van der Waals surface area contributed by atoms with Crippen molar-refractivity contribution in [2.75, 3.05) is 13.2 Å². The number of esters is 1. The van der Waals surface area contributed by atoms with Gasteiger partial charge in [0, 0.05) is 36.5 Å². The van der Waals surface area contributed by atoms with Gasteiger partial charge in [-0.15, -0.1) is 0 Å². The lowest BCUT2D eigenvalue weighted by Crippen LogP contribution is -2.43. The Kier molecular flexibility index (Phi) is 7.82. The van der Waals surface area contributed by atoms with E-state index in [1.165, 1.54) is 12.3 Å². The molecule has 8 heteroatoms. The monoisotopic (exact) mass is 478 g/mol. The summed E-state index contributed by atoms with van der Waals surface area (Å²) in [5, 5.41) is 2.66. The molecule has 1 aliphatic rings. The molecule has 3 heterocycles. The van der Waals surface area contributed by atoms with Crippen molar-refractivity contribution < 1.29 is 28.3 Å². The van der Waals surface area contributed by atoms with Crippen LogP contribution in [0.15, 0.2) is 59.2 Å². The standard InChI is InChI=1S/C27H30N2O6/c1-18-14-22(19(2)29(18)16-21-10-6-12-33-21)24(30)17-35-27(32)23(15-20-8-4-3-5-9-20)28-26(31)25-11-7-13-34-25/h3-5,7-9,11,13-14,21,23H,6,10,12,15-17H2,1-2H3,(H,28,31)/t21-,23-/m0/s1. The number of amides is 1.